The average molecular weight is 212 g/mol. The van der Waals surface area contributed by atoms with Gasteiger partial charge >= 0.3 is 0 Å². The first kappa shape index (κ1) is 13.0. The molecule has 0 unspecified atom stereocenters. The second kappa shape index (κ2) is 6.13. The number of quaternary nitrogens is 1. The van der Waals surface area contributed by atoms with Gasteiger partial charge in [-0.3, -0.25) is 0 Å². The van der Waals surface area contributed by atoms with E-state index in [1.54, 1.807) is 14.1 Å². The van der Waals surface area contributed by atoms with E-state index >= 15 is 0 Å². The number of hydrogen-bond acceptors (Lipinski definition) is 1. The van der Waals surface area contributed by atoms with Gasteiger partial charge in [0.05, 0.1) is 14.1 Å². The minimum Gasteiger partial charge on any atom is -1.00 e. The van der Waals surface area contributed by atoms with E-state index in [-0.39, 0.29) is 21.6 Å². The van der Waals surface area contributed by atoms with Crippen LogP contribution in [0.15, 0.2) is 0 Å². The molecule has 0 rings (SSSR count). The van der Waals surface area contributed by atoms with Crippen LogP contribution in [0.25, 0.3) is 0 Å². The van der Waals surface area contributed by atoms with Gasteiger partial charge in [0.2, 0.25) is 0 Å². The molecule has 2 nitrogen and oxygen atoms in total. The van der Waals surface area contributed by atoms with Crippen molar-refractivity contribution in [3.05, 3.63) is 0 Å². The second-order valence-electron chi connectivity index (χ2n) is 3.05. The molecule has 0 aromatic carbocycles. The summed E-state index contributed by atoms with van der Waals surface area (Å²) in [6.07, 6.45) is 3.57. The highest BCUT2D eigenvalue weighted by atomic mass is 79.9. The van der Waals surface area contributed by atoms with Crippen LogP contribution in [0, 0.1) is 0 Å². The van der Waals surface area contributed by atoms with Crippen molar-refractivity contribution in [1.29, 1.82) is 0 Å². The van der Waals surface area contributed by atoms with Crippen molar-refractivity contribution in [1.82, 2.24) is 0 Å². The fourth-order valence-corrected chi connectivity index (χ4v) is 0.749. The highest BCUT2D eigenvalue weighted by Crippen LogP contribution is 1.98. The van der Waals surface area contributed by atoms with Crippen LogP contribution in [0.4, 0.5) is 0 Å². The van der Waals surface area contributed by atoms with Crippen LogP contribution in [0.1, 0.15) is 26.2 Å². The number of nitrogens with zero attached hydrogens (tertiary/aromatic N) is 1. The Morgan fingerprint density at radius 2 is 1.70 bits per heavy atom. The third-order valence-electron chi connectivity index (χ3n) is 1.31. The Morgan fingerprint density at radius 1 is 1.20 bits per heavy atom. The third-order valence-corrected chi connectivity index (χ3v) is 1.31. The zero-order valence-electron chi connectivity index (χ0n) is 7.10. The molecule has 3 heteroatoms. The zero-order valence-corrected chi connectivity index (χ0v) is 8.69. The molecule has 0 saturated heterocycles. The second-order valence-corrected chi connectivity index (χ2v) is 3.05. The predicted octanol–water partition coefficient (Wildman–Crippen LogP) is -1.35. The maximum Gasteiger partial charge on any atom is 0.108 e. The molecule has 0 fully saturated rings. The van der Waals surface area contributed by atoms with Gasteiger partial charge < -0.3 is 17.0 Å². The van der Waals surface area contributed by atoms with Gasteiger partial charge in [0.25, 0.3) is 0 Å². The monoisotopic (exact) mass is 211 g/mol. The first-order chi connectivity index (χ1) is 4.06. The van der Waals surface area contributed by atoms with Gasteiger partial charge in [0.1, 0.15) is 6.54 Å². The zero-order chi connectivity index (χ0) is 7.33. The lowest BCUT2D eigenvalue weighted by Gasteiger charge is -2.18. The highest BCUT2D eigenvalue weighted by molar-refractivity contribution is 4.33. The van der Waals surface area contributed by atoms with Gasteiger partial charge in [-0.1, -0.05) is 13.3 Å². The molecule has 0 aromatic heterocycles. The molecule has 0 aliphatic carbocycles. The lowest BCUT2D eigenvalue weighted by atomic mass is 10.2. The maximum atomic E-state index is 9.18. The van der Waals surface area contributed by atoms with E-state index < -0.39 is 0 Å². The quantitative estimate of drug-likeness (QED) is 0.347. The summed E-state index contributed by atoms with van der Waals surface area (Å²) < 4.78 is 0.111. The fourth-order valence-electron chi connectivity index (χ4n) is 0.749. The van der Waals surface area contributed by atoms with Crippen molar-refractivity contribution in [2.24, 2.45) is 0 Å². The molecule has 0 radical (unpaired) electrons. The van der Waals surface area contributed by atoms with Crippen molar-refractivity contribution < 1.29 is 26.8 Å². The molecule has 0 amide bonds. The van der Waals surface area contributed by atoms with Gasteiger partial charge in [0, 0.05) is 0 Å². The third kappa shape index (κ3) is 11.2. The molecule has 0 aliphatic heterocycles. The van der Waals surface area contributed by atoms with Crippen molar-refractivity contribution >= 4 is 0 Å². The molecule has 10 heavy (non-hydrogen) atoms. The van der Waals surface area contributed by atoms with Crippen LogP contribution in [-0.4, -0.2) is 30.5 Å². The molecule has 1 N–H and O–H groups in total. The number of hydroxylamine groups is 3. The summed E-state index contributed by atoms with van der Waals surface area (Å²) in [5.41, 5.74) is 0. The van der Waals surface area contributed by atoms with E-state index in [9.17, 15) is 5.21 Å². The topological polar surface area (TPSA) is 20.2 Å². The van der Waals surface area contributed by atoms with Gasteiger partial charge in [0.15, 0.2) is 0 Å². The summed E-state index contributed by atoms with van der Waals surface area (Å²) in [7, 11) is 3.60. The standard InChI is InChI=1S/C7H18NO.BrH/c1-4-5-6-7-8(2,3)9;/h9H,4-7H2,1-3H3;1H/q+1;/p-1. The Hall–Kier alpha value is 0.400. The molecule has 0 bridgehead atoms. The first-order valence-electron chi connectivity index (χ1n) is 3.62. The summed E-state index contributed by atoms with van der Waals surface area (Å²) in [6, 6.07) is 0. The lowest BCUT2D eigenvalue weighted by molar-refractivity contribution is -1.07. The van der Waals surface area contributed by atoms with E-state index in [1.807, 2.05) is 0 Å². The molecule has 0 aromatic rings. The molecule has 0 heterocycles. The fraction of sp³-hybridized carbons (Fsp3) is 1.00. The van der Waals surface area contributed by atoms with Crippen LogP contribution in [0.2, 0.25) is 0 Å². The largest absolute Gasteiger partial charge is 1.00 e. The maximum absolute atomic E-state index is 9.18. The van der Waals surface area contributed by atoms with E-state index in [1.165, 1.54) is 12.8 Å². The number of rotatable bonds is 4. The molecule has 0 aliphatic rings. The molecule has 0 spiro atoms. The van der Waals surface area contributed by atoms with E-state index in [0.717, 1.165) is 13.0 Å². The van der Waals surface area contributed by atoms with Crippen molar-refractivity contribution in [2.75, 3.05) is 20.6 Å². The van der Waals surface area contributed by atoms with Crippen LogP contribution >= 0.6 is 0 Å². The predicted molar refractivity (Wildman–Crippen MR) is 38.3 cm³/mol. The Labute approximate surface area is 74.2 Å². The SMILES string of the molecule is CCCCC[N+](C)(C)O.[Br-]. The Morgan fingerprint density at radius 3 is 2.00 bits per heavy atom. The molecule has 64 valence electrons. The number of hydrogen-bond donors (Lipinski definition) is 1. The average Bonchev–Trinajstić information content (AvgIpc) is 1.63. The number of unbranched alkanes of at least 4 members (excludes halogenated alkanes) is 2. The Kier molecular flexibility index (Phi) is 7.99. The smallest absolute Gasteiger partial charge is 0.108 e. The lowest BCUT2D eigenvalue weighted by Crippen LogP contribution is -3.00. The van der Waals surface area contributed by atoms with E-state index in [2.05, 4.69) is 6.92 Å². The van der Waals surface area contributed by atoms with Crippen LogP contribution in [-0.2, 0) is 0 Å². The van der Waals surface area contributed by atoms with Gasteiger partial charge in [-0.25, -0.2) is 5.21 Å². The van der Waals surface area contributed by atoms with E-state index in [0.29, 0.717) is 0 Å². The van der Waals surface area contributed by atoms with Gasteiger partial charge in [-0.15, -0.1) is 0 Å². The van der Waals surface area contributed by atoms with Crippen molar-refractivity contribution in [3.8, 4) is 0 Å². The van der Waals surface area contributed by atoms with Gasteiger partial charge in [-0.2, -0.15) is 4.65 Å². The minimum atomic E-state index is 0. The normalized spacial score (nSPS) is 10.8. The summed E-state index contributed by atoms with van der Waals surface area (Å²) in [5.74, 6) is 0. The summed E-state index contributed by atoms with van der Waals surface area (Å²) >= 11 is 0. The summed E-state index contributed by atoms with van der Waals surface area (Å²) in [4.78, 5) is 0. The first-order valence-corrected chi connectivity index (χ1v) is 3.62. The van der Waals surface area contributed by atoms with Gasteiger partial charge in [-0.05, 0) is 12.8 Å². The van der Waals surface area contributed by atoms with Crippen molar-refractivity contribution in [2.45, 2.75) is 26.2 Å². The molecular formula is C7H18BrNO. The molecule has 0 saturated carbocycles. The molecular weight excluding hydrogens is 194 g/mol. The summed E-state index contributed by atoms with van der Waals surface area (Å²) in [6.45, 7) is 3.03. The van der Waals surface area contributed by atoms with Crippen LogP contribution < -0.4 is 17.0 Å². The van der Waals surface area contributed by atoms with Crippen LogP contribution in [0.3, 0.4) is 0 Å². The minimum absolute atomic E-state index is 0. The van der Waals surface area contributed by atoms with Crippen molar-refractivity contribution in [3.63, 3.8) is 0 Å². The van der Waals surface area contributed by atoms with Crippen LogP contribution in [0.5, 0.6) is 0 Å². The molecule has 0 atom stereocenters. The Balaban J connectivity index is 0. The van der Waals surface area contributed by atoms with E-state index in [4.69, 9.17) is 0 Å². The number of halogens is 1. The Bertz CT molecular complexity index is 70.5. The summed E-state index contributed by atoms with van der Waals surface area (Å²) in [5, 5.41) is 9.18. The highest BCUT2D eigenvalue weighted by Gasteiger charge is 2.07.